The van der Waals surface area contributed by atoms with Gasteiger partial charge in [-0.25, -0.2) is 0 Å². The Hall–Kier alpha value is -0.988. The monoisotopic (exact) mass is 500 g/mol. The van der Waals surface area contributed by atoms with Gasteiger partial charge in [-0.15, -0.1) is 0 Å². The number of pyridine rings is 1. The van der Waals surface area contributed by atoms with Gasteiger partial charge in [0, 0.05) is 12.4 Å². The third-order valence-corrected chi connectivity index (χ3v) is 2.08. The van der Waals surface area contributed by atoms with E-state index in [2.05, 4.69) is 15.6 Å². The van der Waals surface area contributed by atoms with Crippen molar-refractivity contribution < 1.29 is 40.6 Å². The number of aromatic nitrogens is 1. The van der Waals surface area contributed by atoms with E-state index in [4.69, 9.17) is 4.74 Å². The molecule has 0 saturated heterocycles. The third-order valence-electron chi connectivity index (χ3n) is 2.08. The number of ether oxygens (including phenoxy) is 1. The van der Waals surface area contributed by atoms with E-state index in [0.717, 1.165) is 5.56 Å². The van der Waals surface area contributed by atoms with Gasteiger partial charge in [-0.1, -0.05) is 18.0 Å². The van der Waals surface area contributed by atoms with E-state index in [1.807, 2.05) is 12.1 Å². The quantitative estimate of drug-likeness (QED) is 0.689. The van der Waals surface area contributed by atoms with Gasteiger partial charge in [-0.2, -0.15) is 0 Å². The summed E-state index contributed by atoms with van der Waals surface area (Å²) in [6, 6.07) is 3.80. The molecule has 0 unspecified atom stereocenters. The predicted octanol–water partition coefficient (Wildman–Crippen LogP) is 3.34. The number of nitrogens with one attached hydrogen (secondary N) is 1. The average molecular weight is 500 g/mol. The van der Waals surface area contributed by atoms with Crippen molar-refractivity contribution in [3.63, 3.8) is 0 Å². The molecule has 0 aromatic carbocycles. The minimum Gasteiger partial charge on any atom is -0.477 e. The Bertz CT molecular complexity index is 441. The topological polar surface area (TPSA) is 65.3 Å². The molecule has 1 N–H and O–H groups in total. The van der Waals surface area contributed by atoms with Crippen molar-refractivity contribution in [1.29, 1.82) is 0 Å². The van der Waals surface area contributed by atoms with Crippen LogP contribution in [0.15, 0.2) is 36.4 Å². The first-order valence-corrected chi connectivity index (χ1v) is 6.14. The van der Waals surface area contributed by atoms with E-state index < -0.39 is 11.7 Å². The number of carbonyl (C=O) groups is 1. The van der Waals surface area contributed by atoms with Crippen molar-refractivity contribution in [2.75, 3.05) is 0 Å². The molecule has 6 heteroatoms. The summed E-state index contributed by atoms with van der Waals surface area (Å²) in [4.78, 5) is 15.6. The average Bonchev–Trinajstić information content (AvgIpc) is 2.33. The van der Waals surface area contributed by atoms with Gasteiger partial charge >= 0.3 is 37.2 Å². The molecule has 0 aliphatic heterocycles. The van der Waals surface area contributed by atoms with Gasteiger partial charge in [0.2, 0.25) is 0 Å². The molecule has 0 bridgehead atoms. The molecule has 1 aromatic heterocycles. The van der Waals surface area contributed by atoms with Crippen molar-refractivity contribution in [2.24, 2.45) is 0 Å². The van der Waals surface area contributed by atoms with E-state index in [1.54, 1.807) is 46.2 Å². The van der Waals surface area contributed by atoms with Gasteiger partial charge in [0.15, 0.2) is 0 Å². The van der Waals surface area contributed by atoms with Crippen LogP contribution in [0.4, 0.5) is 4.79 Å². The van der Waals surface area contributed by atoms with Crippen molar-refractivity contribution in [2.45, 2.75) is 39.8 Å². The minimum atomic E-state index is -0.598. The molecule has 0 aliphatic carbocycles. The molecule has 106 valence electrons. The molecular weight excluding hydrogens is 480 g/mol. The maximum absolute atomic E-state index is 11.6. The molecule has 0 radical (unpaired) electrons. The standard InChI is InChI=1S/C14H21N3O2.U/c1-5-12(17-13(18)19-14(2,3)4)16-10-11-7-6-8-15-9-11;/h5-9,16H,10H2,1-4H3,(H,17,18);/q;+2/p-1/b12-5-;. The van der Waals surface area contributed by atoms with Crippen molar-refractivity contribution in [1.82, 2.24) is 10.3 Å². The van der Waals surface area contributed by atoms with Gasteiger partial charge in [-0.3, -0.25) is 9.78 Å². The van der Waals surface area contributed by atoms with Crippen LogP contribution in [0.2, 0.25) is 0 Å². The fraction of sp³-hybridized carbons (Fsp3) is 0.429. The molecule has 0 fully saturated rings. The summed E-state index contributed by atoms with van der Waals surface area (Å²) in [7, 11) is 0. The van der Waals surface area contributed by atoms with E-state index in [0.29, 0.717) is 12.4 Å². The molecule has 0 spiro atoms. The summed E-state index contributed by atoms with van der Waals surface area (Å²) in [6.45, 7) is 7.77. The van der Waals surface area contributed by atoms with Crippen LogP contribution in [0.3, 0.4) is 0 Å². The van der Waals surface area contributed by atoms with Crippen LogP contribution in [0, 0.1) is 31.1 Å². The molecular formula is C14H20N3O2U+. The van der Waals surface area contributed by atoms with Crippen LogP contribution in [0.5, 0.6) is 0 Å². The maximum atomic E-state index is 11.6. The summed E-state index contributed by atoms with van der Waals surface area (Å²) in [5, 5.41) is 6.92. The van der Waals surface area contributed by atoms with Gasteiger partial charge < -0.3 is 15.4 Å². The molecule has 0 atom stereocenters. The SMILES string of the molecule is C/C=C(\[N-]C(=O)OC(C)(C)C)NCc1cccnc1.[U+2]. The Kier molecular flexibility index (Phi) is 8.59. The first kappa shape index (κ1) is 19.0. The first-order chi connectivity index (χ1) is 8.90. The van der Waals surface area contributed by atoms with Crippen LogP contribution in [0.25, 0.3) is 5.32 Å². The molecule has 1 aromatic rings. The minimum absolute atomic E-state index is 0. The van der Waals surface area contributed by atoms with Crippen LogP contribution in [-0.4, -0.2) is 16.7 Å². The van der Waals surface area contributed by atoms with Gasteiger partial charge in [0.1, 0.15) is 5.60 Å². The Morgan fingerprint density at radius 1 is 1.50 bits per heavy atom. The fourth-order valence-electron chi connectivity index (χ4n) is 1.28. The summed E-state index contributed by atoms with van der Waals surface area (Å²) < 4.78 is 5.12. The number of hydrogen-bond acceptors (Lipinski definition) is 4. The largest absolute Gasteiger partial charge is 2.00 e. The van der Waals surface area contributed by atoms with Crippen molar-refractivity contribution in [3.05, 3.63) is 47.3 Å². The zero-order chi connectivity index (χ0) is 14.3. The molecule has 1 heterocycles. The number of amides is 1. The summed E-state index contributed by atoms with van der Waals surface area (Å²) >= 11 is 0. The smallest absolute Gasteiger partial charge is 0.477 e. The van der Waals surface area contributed by atoms with Crippen LogP contribution < -0.4 is 5.32 Å². The summed E-state index contributed by atoms with van der Waals surface area (Å²) in [6.07, 6.45) is 4.60. The number of allylic oxidation sites excluding steroid dienone is 1. The van der Waals surface area contributed by atoms with E-state index >= 15 is 0 Å². The number of nitrogens with zero attached hydrogens (tertiary/aromatic N) is 2. The van der Waals surface area contributed by atoms with E-state index in [9.17, 15) is 4.79 Å². The van der Waals surface area contributed by atoms with Gasteiger partial charge in [-0.05, 0) is 45.9 Å². The second kappa shape index (κ2) is 9.04. The summed E-state index contributed by atoms with van der Waals surface area (Å²) in [5.74, 6) is 0.484. The molecule has 5 nitrogen and oxygen atoms in total. The Morgan fingerprint density at radius 2 is 2.20 bits per heavy atom. The fourth-order valence-corrected chi connectivity index (χ4v) is 1.28. The van der Waals surface area contributed by atoms with Gasteiger partial charge in [0.05, 0.1) is 0 Å². The van der Waals surface area contributed by atoms with E-state index in [-0.39, 0.29) is 31.1 Å². The van der Waals surface area contributed by atoms with Crippen LogP contribution >= 0.6 is 0 Å². The number of rotatable bonds is 4. The third kappa shape index (κ3) is 8.24. The number of hydrogen-bond donors (Lipinski definition) is 1. The van der Waals surface area contributed by atoms with Crippen molar-refractivity contribution >= 4 is 6.09 Å². The maximum Gasteiger partial charge on any atom is 2.00 e. The van der Waals surface area contributed by atoms with Crippen molar-refractivity contribution in [3.8, 4) is 0 Å². The zero-order valence-electron chi connectivity index (χ0n) is 12.3. The zero-order valence-corrected chi connectivity index (χ0v) is 16.5. The van der Waals surface area contributed by atoms with Crippen LogP contribution in [-0.2, 0) is 11.3 Å². The van der Waals surface area contributed by atoms with Gasteiger partial charge in [0.25, 0.3) is 0 Å². The molecule has 1 rings (SSSR count). The second-order valence-corrected chi connectivity index (χ2v) is 4.98. The van der Waals surface area contributed by atoms with E-state index in [1.165, 1.54) is 0 Å². The normalized spacial score (nSPS) is 11.3. The molecule has 0 aliphatic rings. The molecule has 20 heavy (non-hydrogen) atoms. The molecule has 0 saturated carbocycles. The molecule has 1 amide bonds. The first-order valence-electron chi connectivity index (χ1n) is 6.14. The Balaban J connectivity index is 0.00000361. The number of carbonyl (C=O) groups excluding carboxylic acids is 1. The Labute approximate surface area is 144 Å². The second-order valence-electron chi connectivity index (χ2n) is 4.98. The summed E-state index contributed by atoms with van der Waals surface area (Å²) in [5.41, 5.74) is 0.476. The predicted molar refractivity (Wildman–Crippen MR) is 74.4 cm³/mol. The van der Waals surface area contributed by atoms with Crippen LogP contribution in [0.1, 0.15) is 33.3 Å². The Morgan fingerprint density at radius 3 is 2.70 bits per heavy atom.